The highest BCUT2D eigenvalue weighted by Crippen LogP contribution is 2.57. The Labute approximate surface area is 206 Å². The van der Waals surface area contributed by atoms with Gasteiger partial charge in [0.05, 0.1) is 6.61 Å². The Balaban J connectivity index is 4.22. The largest absolute Gasteiger partial charge is 0.481 e. The molecule has 0 amide bonds. The van der Waals surface area contributed by atoms with Crippen LogP contribution in [0.2, 0.25) is 0 Å². The number of hydrogen-bond acceptors (Lipinski definition) is 4. The van der Waals surface area contributed by atoms with Gasteiger partial charge < -0.3 is 14.7 Å². The predicted molar refractivity (Wildman–Crippen MR) is 140 cm³/mol. The first-order valence-electron chi connectivity index (χ1n) is 11.7. The summed E-state index contributed by atoms with van der Waals surface area (Å²) in [6.07, 6.45) is 18.8. The molecule has 1 unspecified atom stereocenters. The number of allylic oxidation sites excluding steroid dienone is 9. The Morgan fingerprint density at radius 3 is 1.32 bits per heavy atom. The number of phosphoric ester groups is 1. The van der Waals surface area contributed by atoms with Crippen LogP contribution >= 0.6 is 15.6 Å². The van der Waals surface area contributed by atoms with E-state index in [1.165, 1.54) is 22.3 Å². The van der Waals surface area contributed by atoms with Crippen LogP contribution in [-0.2, 0) is 18.0 Å². The van der Waals surface area contributed by atoms with Crippen molar-refractivity contribution in [2.45, 2.75) is 92.9 Å². The first-order valence-corrected chi connectivity index (χ1v) is 14.7. The molecule has 0 saturated heterocycles. The summed E-state index contributed by atoms with van der Waals surface area (Å²) in [4.78, 5) is 26.4. The molecule has 0 aromatic heterocycles. The summed E-state index contributed by atoms with van der Waals surface area (Å²) in [5.74, 6) is 0. The van der Waals surface area contributed by atoms with Gasteiger partial charge in [0.25, 0.3) is 0 Å². The molecular formula is C25H44O7P2. The van der Waals surface area contributed by atoms with Gasteiger partial charge in [-0.25, -0.2) is 9.13 Å². The second-order valence-corrected chi connectivity index (χ2v) is 11.8. The summed E-state index contributed by atoms with van der Waals surface area (Å²) in [6, 6.07) is 0. The molecule has 0 fully saturated rings. The monoisotopic (exact) mass is 518 g/mol. The van der Waals surface area contributed by atoms with Gasteiger partial charge in [-0.05, 0) is 92.9 Å². The zero-order chi connectivity index (χ0) is 26.2. The van der Waals surface area contributed by atoms with Crippen molar-refractivity contribution in [3.8, 4) is 0 Å². The van der Waals surface area contributed by atoms with Gasteiger partial charge in [0.15, 0.2) is 0 Å². The van der Waals surface area contributed by atoms with Crippen LogP contribution in [0.25, 0.3) is 0 Å². The molecule has 0 aliphatic rings. The summed E-state index contributed by atoms with van der Waals surface area (Å²) in [6.45, 7) is 12.4. The highest BCUT2D eigenvalue weighted by atomic mass is 31.3. The van der Waals surface area contributed by atoms with Crippen LogP contribution in [0.5, 0.6) is 0 Å². The minimum Gasteiger partial charge on any atom is -0.302 e. The molecule has 0 heterocycles. The SMILES string of the molecule is CC(C)=CCC/C(C)=C\CC/C(C)=C/CC/C(C)=C/CC/C(C)=C/COP(=O)(O)OP(=O)(O)O. The minimum absolute atomic E-state index is 0.267. The smallest absolute Gasteiger partial charge is 0.302 e. The van der Waals surface area contributed by atoms with Gasteiger partial charge in [-0.2, -0.15) is 4.31 Å². The Morgan fingerprint density at radius 1 is 0.618 bits per heavy atom. The average Bonchev–Trinajstić information content (AvgIpc) is 2.65. The lowest BCUT2D eigenvalue weighted by Gasteiger charge is -2.11. The van der Waals surface area contributed by atoms with Crippen LogP contribution < -0.4 is 0 Å². The Morgan fingerprint density at radius 2 is 0.971 bits per heavy atom. The van der Waals surface area contributed by atoms with E-state index in [4.69, 9.17) is 9.79 Å². The third-order valence-electron chi connectivity index (χ3n) is 5.06. The van der Waals surface area contributed by atoms with Crippen molar-refractivity contribution < 1.29 is 32.6 Å². The Kier molecular flexibility index (Phi) is 16.9. The first-order chi connectivity index (χ1) is 15.7. The van der Waals surface area contributed by atoms with E-state index in [0.29, 0.717) is 0 Å². The molecule has 0 saturated carbocycles. The third-order valence-corrected chi connectivity index (χ3v) is 7.22. The zero-order valence-corrected chi connectivity index (χ0v) is 23.4. The van der Waals surface area contributed by atoms with E-state index >= 15 is 0 Å². The summed E-state index contributed by atoms with van der Waals surface area (Å²) in [5, 5.41) is 0. The van der Waals surface area contributed by atoms with Crippen molar-refractivity contribution in [1.29, 1.82) is 0 Å². The lowest BCUT2D eigenvalue weighted by atomic mass is 10.0. The van der Waals surface area contributed by atoms with E-state index in [-0.39, 0.29) is 6.61 Å². The average molecular weight is 519 g/mol. The van der Waals surface area contributed by atoms with Crippen molar-refractivity contribution in [2.24, 2.45) is 0 Å². The molecule has 0 bridgehead atoms. The highest BCUT2D eigenvalue weighted by Gasteiger charge is 2.31. The molecule has 196 valence electrons. The first kappa shape index (κ1) is 33.0. The lowest BCUT2D eigenvalue weighted by Crippen LogP contribution is -1.94. The Bertz CT molecular complexity index is 856. The van der Waals surface area contributed by atoms with E-state index in [0.717, 1.165) is 56.9 Å². The molecule has 3 N–H and O–H groups in total. The molecule has 7 nitrogen and oxygen atoms in total. The molecule has 0 aromatic rings. The van der Waals surface area contributed by atoms with Crippen LogP contribution in [0, 0.1) is 0 Å². The van der Waals surface area contributed by atoms with Crippen LogP contribution in [-0.4, -0.2) is 21.3 Å². The van der Waals surface area contributed by atoms with Crippen molar-refractivity contribution in [2.75, 3.05) is 6.61 Å². The zero-order valence-electron chi connectivity index (χ0n) is 21.6. The molecule has 0 radical (unpaired) electrons. The molecule has 9 heteroatoms. The second-order valence-electron chi connectivity index (χ2n) is 8.97. The van der Waals surface area contributed by atoms with Crippen LogP contribution in [0.15, 0.2) is 58.2 Å². The third kappa shape index (κ3) is 21.5. The van der Waals surface area contributed by atoms with Crippen LogP contribution in [0.4, 0.5) is 0 Å². The number of rotatable bonds is 17. The molecule has 34 heavy (non-hydrogen) atoms. The maximum absolute atomic E-state index is 11.4. The summed E-state index contributed by atoms with van der Waals surface area (Å²) in [5.41, 5.74) is 6.52. The maximum atomic E-state index is 11.4. The molecular weight excluding hydrogens is 474 g/mol. The Hall–Kier alpha value is -1.04. The highest BCUT2D eigenvalue weighted by molar-refractivity contribution is 7.60. The molecule has 0 aliphatic carbocycles. The second kappa shape index (κ2) is 17.4. The fraction of sp³-hybridized carbons (Fsp3) is 0.600. The van der Waals surface area contributed by atoms with Gasteiger partial charge in [0, 0.05) is 0 Å². The van der Waals surface area contributed by atoms with E-state index in [9.17, 15) is 14.0 Å². The van der Waals surface area contributed by atoms with Crippen molar-refractivity contribution in [3.05, 3.63) is 58.2 Å². The van der Waals surface area contributed by atoms with Gasteiger partial charge in [-0.1, -0.05) is 58.2 Å². The number of phosphoric acid groups is 2. The maximum Gasteiger partial charge on any atom is 0.481 e. The predicted octanol–water partition coefficient (Wildman–Crippen LogP) is 8.08. The normalized spacial score (nSPS) is 15.9. The molecule has 0 rings (SSSR count). The quantitative estimate of drug-likeness (QED) is 0.132. The minimum atomic E-state index is -5.09. The molecule has 0 spiro atoms. The summed E-state index contributed by atoms with van der Waals surface area (Å²) >= 11 is 0. The van der Waals surface area contributed by atoms with Crippen LogP contribution in [0.3, 0.4) is 0 Å². The lowest BCUT2D eigenvalue weighted by molar-refractivity contribution is 0.191. The van der Waals surface area contributed by atoms with Gasteiger partial charge in [-0.15, -0.1) is 0 Å². The fourth-order valence-corrected chi connectivity index (χ4v) is 4.59. The van der Waals surface area contributed by atoms with Crippen molar-refractivity contribution in [1.82, 2.24) is 0 Å². The molecule has 0 aliphatic heterocycles. The van der Waals surface area contributed by atoms with Gasteiger partial charge in [-0.3, -0.25) is 4.52 Å². The summed E-state index contributed by atoms with van der Waals surface area (Å²) < 4.78 is 30.3. The fourth-order valence-electron chi connectivity index (χ4n) is 3.07. The van der Waals surface area contributed by atoms with Gasteiger partial charge in [0.1, 0.15) is 0 Å². The summed E-state index contributed by atoms with van der Waals surface area (Å²) in [7, 11) is -9.87. The molecule has 0 aromatic carbocycles. The van der Waals surface area contributed by atoms with Crippen molar-refractivity contribution in [3.63, 3.8) is 0 Å². The van der Waals surface area contributed by atoms with E-state index in [2.05, 4.69) is 67.8 Å². The van der Waals surface area contributed by atoms with Gasteiger partial charge >= 0.3 is 15.6 Å². The van der Waals surface area contributed by atoms with E-state index < -0.39 is 15.6 Å². The topological polar surface area (TPSA) is 113 Å². The van der Waals surface area contributed by atoms with E-state index in [1.54, 1.807) is 6.08 Å². The van der Waals surface area contributed by atoms with Gasteiger partial charge in [0.2, 0.25) is 0 Å². The van der Waals surface area contributed by atoms with Crippen LogP contribution in [0.1, 0.15) is 92.9 Å². The van der Waals surface area contributed by atoms with Crippen molar-refractivity contribution >= 4 is 15.6 Å². The van der Waals surface area contributed by atoms with E-state index in [1.807, 2.05) is 6.92 Å². The number of hydrogen-bond donors (Lipinski definition) is 3. The standard InChI is InChI=1S/C25H44O7P2/c1-21(2)11-7-12-22(3)13-8-14-23(4)15-9-16-24(5)17-10-18-25(6)19-20-31-34(29,30)32-33(26,27)28/h11,13,15,17,19H,7-10,12,14,16,18,20H2,1-6H3,(H,29,30)(H2,26,27,28)/b22-13-,23-15+,24-17+,25-19+. The molecule has 1 atom stereocenters.